The Kier molecular flexibility index (Phi) is 6.21. The Morgan fingerprint density at radius 3 is 2.50 bits per heavy atom. The van der Waals surface area contributed by atoms with Crippen LogP contribution in [0.25, 0.3) is 0 Å². The van der Waals surface area contributed by atoms with Crippen molar-refractivity contribution in [2.75, 3.05) is 19.0 Å². The lowest BCUT2D eigenvalue weighted by molar-refractivity contribution is -0.146. The van der Waals surface area contributed by atoms with Crippen LogP contribution in [0.5, 0.6) is 5.75 Å². The van der Waals surface area contributed by atoms with Gasteiger partial charge in [0.05, 0.1) is 19.2 Å². The standard InChI is InChI=1S/C18H16F3NO4/c1-10-3-6-14(25-2)11(7-10)8-16(24)26-9-15(23)22-13-5-4-12(19)17(20)18(13)21/h3-7H,8-9H2,1-2H3,(H,22,23). The molecule has 0 radical (unpaired) electrons. The summed E-state index contributed by atoms with van der Waals surface area (Å²) < 4.78 is 49.4. The van der Waals surface area contributed by atoms with Crippen molar-refractivity contribution in [1.82, 2.24) is 0 Å². The summed E-state index contributed by atoms with van der Waals surface area (Å²) in [6, 6.07) is 6.81. The van der Waals surface area contributed by atoms with Gasteiger partial charge in [0.2, 0.25) is 0 Å². The molecule has 2 aromatic rings. The summed E-state index contributed by atoms with van der Waals surface area (Å²) in [6.45, 7) is 1.14. The summed E-state index contributed by atoms with van der Waals surface area (Å²) in [5, 5.41) is 2.01. The van der Waals surface area contributed by atoms with Gasteiger partial charge in [0.1, 0.15) is 5.75 Å². The number of ether oxygens (including phenoxy) is 2. The lowest BCUT2D eigenvalue weighted by Crippen LogP contribution is -2.22. The number of hydrogen-bond acceptors (Lipinski definition) is 4. The van der Waals surface area contributed by atoms with Gasteiger partial charge in [0.25, 0.3) is 5.91 Å². The molecule has 26 heavy (non-hydrogen) atoms. The second kappa shape index (κ2) is 8.37. The predicted molar refractivity (Wildman–Crippen MR) is 87.3 cm³/mol. The monoisotopic (exact) mass is 367 g/mol. The maximum absolute atomic E-state index is 13.5. The molecule has 1 amide bonds. The van der Waals surface area contributed by atoms with Crippen molar-refractivity contribution in [3.63, 3.8) is 0 Å². The molecule has 138 valence electrons. The third-order valence-corrected chi connectivity index (χ3v) is 3.44. The Morgan fingerprint density at radius 2 is 1.81 bits per heavy atom. The van der Waals surface area contributed by atoms with Crippen molar-refractivity contribution < 1.29 is 32.2 Å². The van der Waals surface area contributed by atoms with Crippen molar-refractivity contribution in [1.29, 1.82) is 0 Å². The van der Waals surface area contributed by atoms with Gasteiger partial charge in [-0.1, -0.05) is 17.7 Å². The normalized spacial score (nSPS) is 10.3. The number of carbonyl (C=O) groups is 2. The molecule has 0 fully saturated rings. The minimum atomic E-state index is -1.70. The first-order valence-corrected chi connectivity index (χ1v) is 7.54. The van der Waals surface area contributed by atoms with Crippen LogP contribution < -0.4 is 10.1 Å². The van der Waals surface area contributed by atoms with E-state index in [2.05, 4.69) is 0 Å². The van der Waals surface area contributed by atoms with E-state index in [9.17, 15) is 22.8 Å². The van der Waals surface area contributed by atoms with Crippen molar-refractivity contribution in [2.24, 2.45) is 0 Å². The zero-order chi connectivity index (χ0) is 19.3. The van der Waals surface area contributed by atoms with Crippen LogP contribution in [-0.4, -0.2) is 25.6 Å². The molecule has 0 heterocycles. The summed E-state index contributed by atoms with van der Waals surface area (Å²) >= 11 is 0. The molecule has 0 bridgehead atoms. The fraction of sp³-hybridized carbons (Fsp3) is 0.222. The first-order chi connectivity index (χ1) is 12.3. The van der Waals surface area contributed by atoms with Crippen LogP contribution >= 0.6 is 0 Å². The van der Waals surface area contributed by atoms with E-state index in [1.165, 1.54) is 7.11 Å². The van der Waals surface area contributed by atoms with Gasteiger partial charge in [-0.3, -0.25) is 9.59 Å². The van der Waals surface area contributed by atoms with Crippen LogP contribution in [0.3, 0.4) is 0 Å². The highest BCUT2D eigenvalue weighted by Crippen LogP contribution is 2.21. The summed E-state index contributed by atoms with van der Waals surface area (Å²) in [5.41, 5.74) is 0.954. The van der Waals surface area contributed by atoms with Gasteiger partial charge in [-0.05, 0) is 25.1 Å². The van der Waals surface area contributed by atoms with Crippen LogP contribution in [0.2, 0.25) is 0 Å². The molecule has 0 aliphatic rings. The van der Waals surface area contributed by atoms with E-state index in [1.807, 2.05) is 18.3 Å². The Balaban J connectivity index is 1.92. The molecule has 0 saturated carbocycles. The molecule has 1 N–H and O–H groups in total. The van der Waals surface area contributed by atoms with Crippen molar-refractivity contribution >= 4 is 17.6 Å². The maximum atomic E-state index is 13.5. The minimum Gasteiger partial charge on any atom is -0.496 e. The summed E-state index contributed by atoms with van der Waals surface area (Å²) in [6.07, 6.45) is -0.127. The van der Waals surface area contributed by atoms with Crippen LogP contribution in [0.1, 0.15) is 11.1 Å². The number of benzene rings is 2. The van der Waals surface area contributed by atoms with Crippen LogP contribution in [-0.2, 0) is 20.7 Å². The highest BCUT2D eigenvalue weighted by atomic mass is 19.2. The molecule has 0 aromatic heterocycles. The van der Waals surface area contributed by atoms with Crippen molar-refractivity contribution in [3.8, 4) is 5.75 Å². The quantitative estimate of drug-likeness (QED) is 0.629. The number of amides is 1. The Bertz CT molecular complexity index is 839. The Morgan fingerprint density at radius 1 is 1.08 bits per heavy atom. The number of aryl methyl sites for hydroxylation is 1. The molecule has 0 aliphatic carbocycles. The maximum Gasteiger partial charge on any atom is 0.310 e. The van der Waals surface area contributed by atoms with Gasteiger partial charge in [-0.15, -0.1) is 0 Å². The number of anilines is 1. The second-order valence-corrected chi connectivity index (χ2v) is 5.42. The topological polar surface area (TPSA) is 64.6 Å². The van der Waals surface area contributed by atoms with E-state index >= 15 is 0 Å². The van der Waals surface area contributed by atoms with E-state index < -0.39 is 41.6 Å². The number of hydrogen-bond donors (Lipinski definition) is 1. The molecular weight excluding hydrogens is 351 g/mol. The second-order valence-electron chi connectivity index (χ2n) is 5.42. The molecule has 0 spiro atoms. The minimum absolute atomic E-state index is 0.127. The molecule has 0 aliphatic heterocycles. The van der Waals surface area contributed by atoms with E-state index in [0.717, 1.165) is 11.6 Å². The predicted octanol–water partition coefficient (Wildman–Crippen LogP) is 3.15. The molecule has 0 saturated heterocycles. The van der Waals surface area contributed by atoms with E-state index in [4.69, 9.17) is 9.47 Å². The first-order valence-electron chi connectivity index (χ1n) is 7.54. The third-order valence-electron chi connectivity index (χ3n) is 3.44. The molecule has 0 unspecified atom stereocenters. The number of esters is 1. The van der Waals surface area contributed by atoms with Crippen LogP contribution in [0.4, 0.5) is 18.9 Å². The summed E-state index contributed by atoms with van der Waals surface area (Å²) in [4.78, 5) is 23.6. The smallest absolute Gasteiger partial charge is 0.310 e. The lowest BCUT2D eigenvalue weighted by atomic mass is 10.1. The van der Waals surface area contributed by atoms with Crippen LogP contribution in [0, 0.1) is 24.4 Å². The third kappa shape index (κ3) is 4.75. The first kappa shape index (κ1) is 19.3. The van der Waals surface area contributed by atoms with Gasteiger partial charge in [0, 0.05) is 5.56 Å². The average Bonchev–Trinajstić information content (AvgIpc) is 2.61. The zero-order valence-electron chi connectivity index (χ0n) is 14.1. The molecule has 5 nitrogen and oxygen atoms in total. The Hall–Kier alpha value is -3.03. The molecule has 2 rings (SSSR count). The zero-order valence-corrected chi connectivity index (χ0v) is 14.1. The fourth-order valence-corrected chi connectivity index (χ4v) is 2.21. The Labute approximate surface area is 147 Å². The van der Waals surface area contributed by atoms with E-state index in [1.54, 1.807) is 12.1 Å². The number of rotatable bonds is 6. The van der Waals surface area contributed by atoms with Gasteiger partial charge < -0.3 is 14.8 Å². The number of halogens is 3. The number of nitrogens with one attached hydrogen (secondary N) is 1. The SMILES string of the molecule is COc1ccc(C)cc1CC(=O)OCC(=O)Nc1ccc(F)c(F)c1F. The van der Waals surface area contributed by atoms with Gasteiger partial charge in [-0.25, -0.2) is 13.2 Å². The lowest BCUT2D eigenvalue weighted by Gasteiger charge is -2.10. The summed E-state index contributed by atoms with van der Waals surface area (Å²) in [5.74, 6) is -5.70. The van der Waals surface area contributed by atoms with Crippen LogP contribution in [0.15, 0.2) is 30.3 Å². The average molecular weight is 367 g/mol. The molecule has 0 atom stereocenters. The highest BCUT2D eigenvalue weighted by molar-refractivity contribution is 5.93. The van der Waals surface area contributed by atoms with Gasteiger partial charge >= 0.3 is 5.97 Å². The van der Waals surface area contributed by atoms with E-state index in [-0.39, 0.29) is 6.42 Å². The molecule has 2 aromatic carbocycles. The van der Waals surface area contributed by atoms with Gasteiger partial charge in [0.15, 0.2) is 24.1 Å². The fourth-order valence-electron chi connectivity index (χ4n) is 2.21. The molecular formula is C18H16F3NO4. The number of methoxy groups -OCH3 is 1. The van der Waals surface area contributed by atoms with E-state index in [0.29, 0.717) is 17.4 Å². The van der Waals surface area contributed by atoms with Gasteiger partial charge in [-0.2, -0.15) is 0 Å². The number of carbonyl (C=O) groups excluding carboxylic acids is 2. The largest absolute Gasteiger partial charge is 0.496 e. The molecule has 8 heteroatoms. The summed E-state index contributed by atoms with van der Waals surface area (Å²) in [7, 11) is 1.46. The van der Waals surface area contributed by atoms with Crippen molar-refractivity contribution in [3.05, 3.63) is 58.9 Å². The van der Waals surface area contributed by atoms with Crippen molar-refractivity contribution in [2.45, 2.75) is 13.3 Å². The highest BCUT2D eigenvalue weighted by Gasteiger charge is 2.16.